The molecule has 9 heteroatoms. The van der Waals surface area contributed by atoms with Crippen LogP contribution in [0.5, 0.6) is 0 Å². The van der Waals surface area contributed by atoms with E-state index in [2.05, 4.69) is 44.1 Å². The quantitative estimate of drug-likeness (QED) is 0.448. The molecule has 3 unspecified atom stereocenters. The summed E-state index contributed by atoms with van der Waals surface area (Å²) in [6.07, 6.45) is 3.29. The van der Waals surface area contributed by atoms with E-state index in [0.29, 0.717) is 19.6 Å². The normalized spacial score (nSPS) is 44.7. The number of fused-ring (bicyclic) bond motifs is 1. The van der Waals surface area contributed by atoms with Crippen molar-refractivity contribution in [3.8, 4) is 0 Å². The number of methoxy groups -OCH3 is 1. The highest BCUT2D eigenvalue weighted by Crippen LogP contribution is 2.59. The first-order valence-corrected chi connectivity index (χ1v) is 13.0. The van der Waals surface area contributed by atoms with E-state index in [4.69, 9.17) is 18.9 Å². The Labute approximate surface area is 208 Å². The van der Waals surface area contributed by atoms with Crippen LogP contribution in [0.1, 0.15) is 47.0 Å². The van der Waals surface area contributed by atoms with Crippen molar-refractivity contribution in [1.29, 1.82) is 0 Å². The number of hydrogen-bond acceptors (Lipinski definition) is 7. The third kappa shape index (κ3) is 4.38. The minimum atomic E-state index is -0.560. The number of ether oxygens (including phenoxy) is 4. The fraction of sp³-hybridized carbons (Fsp3) is 0.846. The smallest absolute Gasteiger partial charge is 0.408 e. The minimum absolute atomic E-state index is 0.0105. The molecule has 0 aromatic rings. The van der Waals surface area contributed by atoms with E-state index in [9.17, 15) is 9.59 Å². The topological polar surface area (TPSA) is 96.2 Å². The van der Waals surface area contributed by atoms with Crippen molar-refractivity contribution >= 4 is 12.0 Å². The van der Waals surface area contributed by atoms with Gasteiger partial charge in [0.25, 0.3) is 0 Å². The second kappa shape index (κ2) is 9.01. The van der Waals surface area contributed by atoms with Gasteiger partial charge in [0.1, 0.15) is 29.5 Å². The first-order valence-electron chi connectivity index (χ1n) is 13.0. The van der Waals surface area contributed by atoms with Crippen LogP contribution < -0.4 is 5.32 Å². The fourth-order valence-corrected chi connectivity index (χ4v) is 6.86. The zero-order chi connectivity index (χ0) is 25.1. The number of hydrogen-bond donors (Lipinski definition) is 1. The lowest BCUT2D eigenvalue weighted by molar-refractivity contribution is -0.132. The number of amides is 2. The van der Waals surface area contributed by atoms with Gasteiger partial charge in [-0.25, -0.2) is 4.79 Å². The maximum absolute atomic E-state index is 13.0. The van der Waals surface area contributed by atoms with Crippen molar-refractivity contribution in [3.05, 3.63) is 11.6 Å². The molecule has 4 aliphatic heterocycles. The number of carbonyl (C=O) groups is 2. The molecular formula is C26H41N3O6. The number of nitrogens with zero attached hydrogens (tertiary/aromatic N) is 2. The van der Waals surface area contributed by atoms with Gasteiger partial charge < -0.3 is 34.1 Å². The van der Waals surface area contributed by atoms with Crippen molar-refractivity contribution in [1.82, 2.24) is 15.1 Å². The number of epoxide rings is 2. The standard InChI is InChI=1S/C26H41N3O6/c1-15(2)7-8-19-25(4,35-19)22-21(32-6)18(9-10-26(22)14-33-26)34-24(31)27-20-16(3)17-13-28(5)11-12-29(17)23(20)30/h7,16-22H,8-14H2,1-6H3,(H,27,31)/t16?,17?,18-,19?,20-,21-,22-,25+,26+/m1/s1. The Morgan fingerprint density at radius 2 is 2.06 bits per heavy atom. The molecule has 1 aliphatic carbocycles. The van der Waals surface area contributed by atoms with Gasteiger partial charge in [-0.15, -0.1) is 0 Å². The molecule has 9 atom stereocenters. The van der Waals surface area contributed by atoms with E-state index < -0.39 is 18.2 Å². The Kier molecular flexibility index (Phi) is 6.43. The van der Waals surface area contributed by atoms with E-state index >= 15 is 0 Å². The maximum atomic E-state index is 13.0. The predicted molar refractivity (Wildman–Crippen MR) is 129 cm³/mol. The molecule has 1 spiro atoms. The maximum Gasteiger partial charge on any atom is 0.408 e. The number of rotatable bonds is 6. The van der Waals surface area contributed by atoms with Crippen LogP contribution in [0, 0.1) is 11.8 Å². The van der Waals surface area contributed by atoms with Crippen LogP contribution in [0.3, 0.4) is 0 Å². The summed E-state index contributed by atoms with van der Waals surface area (Å²) in [5.74, 6) is -0.0183. The first-order chi connectivity index (χ1) is 16.6. The Balaban J connectivity index is 1.25. The van der Waals surface area contributed by atoms with Gasteiger partial charge >= 0.3 is 6.09 Å². The highest BCUT2D eigenvalue weighted by molar-refractivity contribution is 5.88. The summed E-state index contributed by atoms with van der Waals surface area (Å²) in [6.45, 7) is 11.4. The van der Waals surface area contributed by atoms with Crippen LogP contribution in [0.25, 0.3) is 0 Å². The van der Waals surface area contributed by atoms with Gasteiger partial charge in [-0.1, -0.05) is 18.6 Å². The molecule has 0 aromatic carbocycles. The van der Waals surface area contributed by atoms with Crippen LogP contribution in [-0.2, 0) is 23.7 Å². The van der Waals surface area contributed by atoms with Gasteiger partial charge in [0, 0.05) is 38.7 Å². The second-order valence-corrected chi connectivity index (χ2v) is 11.7. The van der Waals surface area contributed by atoms with E-state index in [1.165, 1.54) is 5.57 Å². The Bertz CT molecular complexity index is 886. The van der Waals surface area contributed by atoms with Crippen LogP contribution in [0.2, 0.25) is 0 Å². The number of nitrogens with one attached hydrogen (secondary N) is 1. The lowest BCUT2D eigenvalue weighted by Gasteiger charge is -2.42. The monoisotopic (exact) mass is 491 g/mol. The molecule has 0 bridgehead atoms. The summed E-state index contributed by atoms with van der Waals surface area (Å²) in [5.41, 5.74) is 0.617. The van der Waals surface area contributed by atoms with Crippen molar-refractivity contribution in [2.24, 2.45) is 11.8 Å². The highest BCUT2D eigenvalue weighted by Gasteiger charge is 2.72. The van der Waals surface area contributed by atoms with E-state index in [-0.39, 0.29) is 47.2 Å². The Hall–Kier alpha value is -1.68. The lowest BCUT2D eigenvalue weighted by Crippen LogP contribution is -2.56. The van der Waals surface area contributed by atoms with Gasteiger partial charge in [-0.2, -0.15) is 0 Å². The van der Waals surface area contributed by atoms with Crippen LogP contribution in [0.4, 0.5) is 4.79 Å². The van der Waals surface area contributed by atoms with Crippen molar-refractivity contribution < 1.29 is 28.5 Å². The molecule has 0 aromatic heterocycles. The number of likely N-dealkylation sites (N-methyl/N-ethyl adjacent to an activating group) is 1. The zero-order valence-electron chi connectivity index (χ0n) is 21.9. The van der Waals surface area contributed by atoms with E-state index in [1.807, 2.05) is 11.8 Å². The molecule has 0 radical (unpaired) electrons. The molecule has 4 saturated heterocycles. The highest BCUT2D eigenvalue weighted by atomic mass is 16.6. The molecule has 196 valence electrons. The van der Waals surface area contributed by atoms with Crippen molar-refractivity contribution in [2.75, 3.05) is 40.4 Å². The van der Waals surface area contributed by atoms with Gasteiger partial charge in [0.2, 0.25) is 5.91 Å². The molecule has 5 fully saturated rings. The molecule has 1 saturated carbocycles. The van der Waals surface area contributed by atoms with E-state index in [1.54, 1.807) is 7.11 Å². The third-order valence-corrected chi connectivity index (χ3v) is 9.07. The van der Waals surface area contributed by atoms with Gasteiger partial charge in [-0.3, -0.25) is 4.79 Å². The Morgan fingerprint density at radius 1 is 1.31 bits per heavy atom. The van der Waals surface area contributed by atoms with Gasteiger partial charge in [-0.05, 0) is 47.1 Å². The molecule has 5 aliphatic rings. The minimum Gasteiger partial charge on any atom is -0.443 e. The number of piperazine rings is 1. The number of alkyl carbamates (subject to hydrolysis) is 1. The zero-order valence-corrected chi connectivity index (χ0v) is 21.9. The van der Waals surface area contributed by atoms with Crippen molar-refractivity contribution in [3.63, 3.8) is 0 Å². The SMILES string of the molecule is CO[C@@H]1[C@H](OC(=O)N[C@H]2C(=O)N3CCN(C)CC3C2C)CC[C@]2(CO2)[C@H]1[C@@]1(C)OC1CC=C(C)C. The average molecular weight is 492 g/mol. The summed E-state index contributed by atoms with van der Waals surface area (Å²) in [7, 11) is 3.74. The number of allylic oxidation sites excluding steroid dienone is 1. The van der Waals surface area contributed by atoms with Gasteiger partial charge in [0.15, 0.2) is 0 Å². The summed E-state index contributed by atoms with van der Waals surface area (Å²) in [4.78, 5) is 30.2. The largest absolute Gasteiger partial charge is 0.443 e. The first kappa shape index (κ1) is 25.0. The molecule has 35 heavy (non-hydrogen) atoms. The molecule has 5 rings (SSSR count). The molecule has 2 amide bonds. The van der Waals surface area contributed by atoms with Crippen molar-refractivity contribution in [2.45, 2.75) is 88.6 Å². The van der Waals surface area contributed by atoms with E-state index in [0.717, 1.165) is 25.9 Å². The number of carbonyl (C=O) groups excluding carboxylic acids is 2. The second-order valence-electron chi connectivity index (χ2n) is 11.7. The van der Waals surface area contributed by atoms with Crippen LogP contribution in [-0.4, -0.2) is 104 Å². The Morgan fingerprint density at radius 3 is 2.71 bits per heavy atom. The molecule has 1 N–H and O–H groups in total. The third-order valence-electron chi connectivity index (χ3n) is 9.07. The van der Waals surface area contributed by atoms with Crippen LogP contribution in [0.15, 0.2) is 11.6 Å². The lowest BCUT2D eigenvalue weighted by atomic mass is 9.68. The van der Waals surface area contributed by atoms with Gasteiger partial charge in [0.05, 0.1) is 18.6 Å². The average Bonchev–Trinajstić information content (AvgIpc) is 3.71. The predicted octanol–water partition coefficient (Wildman–Crippen LogP) is 1.95. The summed E-state index contributed by atoms with van der Waals surface area (Å²) in [6, 6.07) is -0.441. The van der Waals surface area contributed by atoms with Crippen LogP contribution >= 0.6 is 0 Å². The molecule has 4 heterocycles. The summed E-state index contributed by atoms with van der Waals surface area (Å²) < 4.78 is 24.2. The summed E-state index contributed by atoms with van der Waals surface area (Å²) in [5, 5.41) is 2.89. The summed E-state index contributed by atoms with van der Waals surface area (Å²) >= 11 is 0. The molecule has 9 nitrogen and oxygen atoms in total. The fourth-order valence-electron chi connectivity index (χ4n) is 6.86. The molecular weight excluding hydrogens is 450 g/mol.